The van der Waals surface area contributed by atoms with E-state index in [1.807, 2.05) is 0 Å². The van der Waals surface area contributed by atoms with E-state index in [0.29, 0.717) is 12.5 Å². The zero-order chi connectivity index (χ0) is 14.5. The predicted molar refractivity (Wildman–Crippen MR) is 69.5 cm³/mol. The van der Waals surface area contributed by atoms with Crippen molar-refractivity contribution >= 4 is 17.9 Å². The van der Waals surface area contributed by atoms with Crippen molar-refractivity contribution in [3.05, 3.63) is 0 Å². The van der Waals surface area contributed by atoms with Crippen molar-refractivity contribution in [1.82, 2.24) is 10.6 Å². The van der Waals surface area contributed by atoms with Gasteiger partial charge in [0.2, 0.25) is 5.91 Å². The minimum absolute atomic E-state index is 0.223. The van der Waals surface area contributed by atoms with E-state index >= 15 is 0 Å². The van der Waals surface area contributed by atoms with Gasteiger partial charge in [-0.2, -0.15) is 0 Å². The van der Waals surface area contributed by atoms with Gasteiger partial charge in [-0.3, -0.25) is 14.9 Å². The maximum Gasteiger partial charge on any atom is 0.321 e. The highest BCUT2D eigenvalue weighted by Crippen LogP contribution is 2.23. The minimum Gasteiger partial charge on any atom is -0.481 e. The van der Waals surface area contributed by atoms with Crippen molar-refractivity contribution in [3.8, 4) is 0 Å². The Morgan fingerprint density at radius 2 is 1.79 bits per heavy atom. The fraction of sp³-hybridized carbons (Fsp3) is 0.769. The van der Waals surface area contributed by atoms with Gasteiger partial charge in [-0.1, -0.05) is 12.8 Å². The normalized spacial score (nSPS) is 16.1. The monoisotopic (exact) mass is 270 g/mol. The van der Waals surface area contributed by atoms with Crippen LogP contribution < -0.4 is 10.6 Å². The number of hydrogen-bond donors (Lipinski definition) is 3. The quantitative estimate of drug-likeness (QED) is 0.705. The molecule has 0 aromatic carbocycles. The van der Waals surface area contributed by atoms with Crippen LogP contribution in [-0.2, 0) is 9.59 Å². The minimum atomic E-state index is -1.17. The zero-order valence-corrected chi connectivity index (χ0v) is 11.5. The highest BCUT2D eigenvalue weighted by Gasteiger charge is 2.30. The van der Waals surface area contributed by atoms with Gasteiger partial charge >= 0.3 is 12.0 Å². The molecule has 0 aromatic heterocycles. The average Bonchev–Trinajstić information content (AvgIpc) is 2.77. The van der Waals surface area contributed by atoms with Gasteiger partial charge in [0, 0.05) is 13.0 Å². The molecule has 0 spiro atoms. The summed E-state index contributed by atoms with van der Waals surface area (Å²) in [6.07, 6.45) is 4.39. The summed E-state index contributed by atoms with van der Waals surface area (Å²) < 4.78 is 0. The number of urea groups is 1. The lowest BCUT2D eigenvalue weighted by Crippen LogP contribution is -2.43. The van der Waals surface area contributed by atoms with Crippen LogP contribution in [-0.4, -0.2) is 29.6 Å². The van der Waals surface area contributed by atoms with Crippen molar-refractivity contribution in [2.45, 2.75) is 46.0 Å². The summed E-state index contributed by atoms with van der Waals surface area (Å²) in [6, 6.07) is -0.543. The Morgan fingerprint density at radius 1 is 1.21 bits per heavy atom. The van der Waals surface area contributed by atoms with E-state index in [-0.39, 0.29) is 6.42 Å². The molecule has 1 saturated carbocycles. The van der Waals surface area contributed by atoms with Crippen LogP contribution in [0.5, 0.6) is 0 Å². The number of carbonyl (C=O) groups is 3. The molecular formula is C13H22N2O4. The topological polar surface area (TPSA) is 95.5 Å². The molecule has 1 aliphatic carbocycles. The number of amides is 3. The molecule has 1 rings (SSSR count). The second-order valence-corrected chi connectivity index (χ2v) is 5.77. The third kappa shape index (κ3) is 5.28. The van der Waals surface area contributed by atoms with E-state index in [1.165, 1.54) is 26.7 Å². The Balaban J connectivity index is 2.27. The average molecular weight is 270 g/mol. The van der Waals surface area contributed by atoms with Crippen LogP contribution in [0.4, 0.5) is 4.79 Å². The molecule has 0 bridgehead atoms. The van der Waals surface area contributed by atoms with Gasteiger partial charge in [0.1, 0.15) is 0 Å². The molecule has 0 atom stereocenters. The highest BCUT2D eigenvalue weighted by molar-refractivity contribution is 5.96. The summed E-state index contributed by atoms with van der Waals surface area (Å²) in [5.74, 6) is -1.14. The van der Waals surface area contributed by atoms with Crippen molar-refractivity contribution in [2.24, 2.45) is 11.3 Å². The first kappa shape index (κ1) is 15.5. The standard InChI is InChI=1S/C13H22N2O4/c1-13(2,11(17)18)7-10(16)15-12(19)14-8-9-5-3-4-6-9/h9H,3-8H2,1-2H3,(H,17,18)(H2,14,15,16,19). The van der Waals surface area contributed by atoms with Crippen LogP contribution in [0.25, 0.3) is 0 Å². The number of aliphatic carboxylic acids is 1. The van der Waals surface area contributed by atoms with E-state index < -0.39 is 23.3 Å². The second-order valence-electron chi connectivity index (χ2n) is 5.77. The van der Waals surface area contributed by atoms with Crippen LogP contribution in [0.15, 0.2) is 0 Å². The van der Waals surface area contributed by atoms with Crippen LogP contribution in [0.2, 0.25) is 0 Å². The fourth-order valence-electron chi connectivity index (χ4n) is 2.14. The van der Waals surface area contributed by atoms with E-state index in [4.69, 9.17) is 5.11 Å². The van der Waals surface area contributed by atoms with E-state index in [0.717, 1.165) is 12.8 Å². The molecule has 0 unspecified atom stereocenters. The van der Waals surface area contributed by atoms with E-state index in [9.17, 15) is 14.4 Å². The van der Waals surface area contributed by atoms with E-state index in [2.05, 4.69) is 10.6 Å². The highest BCUT2D eigenvalue weighted by atomic mass is 16.4. The van der Waals surface area contributed by atoms with Crippen molar-refractivity contribution < 1.29 is 19.5 Å². The Kier molecular flexibility index (Phi) is 5.32. The number of hydrogen-bond acceptors (Lipinski definition) is 3. The molecule has 19 heavy (non-hydrogen) atoms. The molecule has 3 amide bonds. The number of carbonyl (C=O) groups excluding carboxylic acids is 2. The summed E-state index contributed by atoms with van der Waals surface area (Å²) >= 11 is 0. The van der Waals surface area contributed by atoms with E-state index in [1.54, 1.807) is 0 Å². The molecule has 6 heteroatoms. The maximum absolute atomic E-state index is 11.5. The fourth-order valence-corrected chi connectivity index (χ4v) is 2.14. The third-order valence-corrected chi connectivity index (χ3v) is 3.46. The second kappa shape index (κ2) is 6.54. The van der Waals surface area contributed by atoms with Crippen molar-refractivity contribution in [2.75, 3.05) is 6.54 Å². The van der Waals surface area contributed by atoms with Gasteiger partial charge in [0.25, 0.3) is 0 Å². The molecule has 3 N–H and O–H groups in total. The number of carboxylic acid groups (broad SMARTS) is 1. The first-order chi connectivity index (χ1) is 8.81. The number of nitrogens with one attached hydrogen (secondary N) is 2. The molecule has 0 aliphatic heterocycles. The lowest BCUT2D eigenvalue weighted by molar-refractivity contribution is -0.149. The molecule has 0 radical (unpaired) electrons. The van der Waals surface area contributed by atoms with Gasteiger partial charge < -0.3 is 10.4 Å². The largest absolute Gasteiger partial charge is 0.481 e. The summed E-state index contributed by atoms with van der Waals surface area (Å²) in [5.41, 5.74) is -1.17. The lowest BCUT2D eigenvalue weighted by Gasteiger charge is -2.18. The summed E-state index contributed by atoms with van der Waals surface area (Å²) in [4.78, 5) is 33.9. The van der Waals surface area contributed by atoms with Gasteiger partial charge in [-0.05, 0) is 32.6 Å². The van der Waals surface area contributed by atoms with Crippen LogP contribution in [0.3, 0.4) is 0 Å². The first-order valence-electron chi connectivity index (χ1n) is 6.62. The Hall–Kier alpha value is -1.59. The SMILES string of the molecule is CC(C)(CC(=O)NC(=O)NCC1CCCC1)C(=O)O. The first-order valence-corrected chi connectivity index (χ1v) is 6.62. The van der Waals surface area contributed by atoms with Crippen molar-refractivity contribution in [3.63, 3.8) is 0 Å². The Morgan fingerprint density at radius 3 is 2.32 bits per heavy atom. The van der Waals surface area contributed by atoms with Gasteiger partial charge in [0.05, 0.1) is 5.41 Å². The van der Waals surface area contributed by atoms with Crippen LogP contribution in [0.1, 0.15) is 46.0 Å². The zero-order valence-electron chi connectivity index (χ0n) is 11.5. The number of carboxylic acids is 1. The summed E-state index contributed by atoms with van der Waals surface area (Å²) in [6.45, 7) is 3.47. The van der Waals surface area contributed by atoms with Crippen LogP contribution in [0, 0.1) is 11.3 Å². The molecule has 1 fully saturated rings. The molecule has 0 heterocycles. The molecular weight excluding hydrogens is 248 g/mol. The van der Waals surface area contributed by atoms with Gasteiger partial charge in [0.15, 0.2) is 0 Å². The number of imide groups is 1. The van der Waals surface area contributed by atoms with Crippen LogP contribution >= 0.6 is 0 Å². The Labute approximate surface area is 112 Å². The number of rotatable bonds is 5. The lowest BCUT2D eigenvalue weighted by atomic mass is 9.89. The van der Waals surface area contributed by atoms with Gasteiger partial charge in [-0.25, -0.2) is 4.79 Å². The van der Waals surface area contributed by atoms with Gasteiger partial charge in [-0.15, -0.1) is 0 Å². The molecule has 0 aromatic rings. The molecule has 1 aliphatic rings. The predicted octanol–water partition coefficient (Wildman–Crippen LogP) is 1.50. The maximum atomic E-state index is 11.5. The molecule has 6 nitrogen and oxygen atoms in total. The smallest absolute Gasteiger partial charge is 0.321 e. The summed E-state index contributed by atoms with van der Waals surface area (Å²) in [5, 5.41) is 13.7. The molecule has 108 valence electrons. The third-order valence-electron chi connectivity index (χ3n) is 3.46. The van der Waals surface area contributed by atoms with Crippen molar-refractivity contribution in [1.29, 1.82) is 0 Å². The molecule has 0 saturated heterocycles. The Bertz CT molecular complexity index is 360. The summed E-state index contributed by atoms with van der Waals surface area (Å²) in [7, 11) is 0.